The van der Waals surface area contributed by atoms with Crippen LogP contribution in [0.3, 0.4) is 0 Å². The minimum Gasteiger partial charge on any atom is -0.478 e. The lowest BCUT2D eigenvalue weighted by Gasteiger charge is -2.13. The molecule has 0 heterocycles. The van der Waals surface area contributed by atoms with Crippen molar-refractivity contribution in [1.29, 1.82) is 0 Å². The third kappa shape index (κ3) is 4.39. The molecule has 19 heavy (non-hydrogen) atoms. The van der Waals surface area contributed by atoms with Gasteiger partial charge in [-0.3, -0.25) is 4.79 Å². The van der Waals surface area contributed by atoms with E-state index in [0.717, 1.165) is 17.5 Å². The minimum absolute atomic E-state index is 0.136. The van der Waals surface area contributed by atoms with Crippen LogP contribution in [-0.2, 0) is 4.79 Å². The summed E-state index contributed by atoms with van der Waals surface area (Å²) in [4.78, 5) is 23.0. The molecule has 0 aliphatic heterocycles. The molecule has 0 fully saturated rings. The lowest BCUT2D eigenvalue weighted by atomic mass is 10.0. The Morgan fingerprint density at radius 3 is 2.42 bits per heavy atom. The molecule has 0 unspecified atom stereocenters. The van der Waals surface area contributed by atoms with Crippen LogP contribution in [0.25, 0.3) is 0 Å². The van der Waals surface area contributed by atoms with Gasteiger partial charge >= 0.3 is 5.97 Å². The van der Waals surface area contributed by atoms with Gasteiger partial charge in [-0.15, -0.1) is 0 Å². The van der Waals surface area contributed by atoms with Crippen molar-refractivity contribution >= 4 is 17.6 Å². The Bertz CT molecular complexity index is 492. The minimum atomic E-state index is -1.02. The summed E-state index contributed by atoms with van der Waals surface area (Å²) in [5.41, 5.74) is 2.20. The Labute approximate surface area is 113 Å². The first-order valence-electron chi connectivity index (χ1n) is 6.45. The van der Waals surface area contributed by atoms with Gasteiger partial charge in [-0.1, -0.05) is 19.9 Å². The Balaban J connectivity index is 2.94. The molecule has 0 saturated heterocycles. The molecule has 0 atom stereocenters. The highest BCUT2D eigenvalue weighted by Crippen LogP contribution is 2.23. The average Bonchev–Trinajstić information content (AvgIpc) is 2.29. The highest BCUT2D eigenvalue weighted by molar-refractivity contribution is 6.01. The average molecular weight is 263 g/mol. The van der Waals surface area contributed by atoms with Crippen molar-refractivity contribution in [3.63, 3.8) is 0 Å². The quantitative estimate of drug-likeness (QED) is 0.855. The van der Waals surface area contributed by atoms with E-state index < -0.39 is 5.97 Å². The van der Waals surface area contributed by atoms with Crippen molar-refractivity contribution in [2.45, 2.75) is 40.5 Å². The third-order valence-electron chi connectivity index (χ3n) is 2.92. The zero-order chi connectivity index (χ0) is 14.6. The molecule has 0 bridgehead atoms. The number of rotatable bonds is 5. The normalized spacial score (nSPS) is 10.6. The number of carboxylic acid groups (broad SMARTS) is 1. The first-order valence-corrected chi connectivity index (χ1v) is 6.45. The molecule has 4 heteroatoms. The molecular formula is C15H21NO3. The van der Waals surface area contributed by atoms with Crippen LogP contribution in [0.15, 0.2) is 12.1 Å². The summed E-state index contributed by atoms with van der Waals surface area (Å²) in [6, 6.07) is 3.44. The largest absolute Gasteiger partial charge is 0.478 e. The van der Waals surface area contributed by atoms with Crippen LogP contribution in [0.2, 0.25) is 0 Å². The Hall–Kier alpha value is -1.84. The van der Waals surface area contributed by atoms with E-state index in [1.54, 1.807) is 13.0 Å². The van der Waals surface area contributed by atoms with Gasteiger partial charge in [0.2, 0.25) is 5.91 Å². The number of aryl methyl sites for hydroxylation is 2. The van der Waals surface area contributed by atoms with Crippen molar-refractivity contribution in [2.24, 2.45) is 5.92 Å². The molecule has 104 valence electrons. The lowest BCUT2D eigenvalue weighted by Crippen LogP contribution is -2.16. The number of hydrogen-bond donors (Lipinski definition) is 2. The van der Waals surface area contributed by atoms with Crippen LogP contribution in [0.4, 0.5) is 5.69 Å². The number of nitrogens with one attached hydrogen (secondary N) is 1. The number of carboxylic acids is 1. The Kier molecular flexibility index (Phi) is 5.10. The van der Waals surface area contributed by atoms with E-state index in [2.05, 4.69) is 5.32 Å². The van der Waals surface area contributed by atoms with Gasteiger partial charge < -0.3 is 10.4 Å². The summed E-state index contributed by atoms with van der Waals surface area (Å²) in [5.74, 6) is -0.710. The number of hydrogen-bond acceptors (Lipinski definition) is 2. The van der Waals surface area contributed by atoms with E-state index in [1.807, 2.05) is 26.8 Å². The van der Waals surface area contributed by atoms with Gasteiger partial charge in [0.05, 0.1) is 11.3 Å². The number of carbonyl (C=O) groups excluding carboxylic acids is 1. The Morgan fingerprint density at radius 1 is 1.26 bits per heavy atom. The maximum Gasteiger partial charge on any atom is 0.337 e. The molecule has 0 spiro atoms. The summed E-state index contributed by atoms with van der Waals surface area (Å²) in [7, 11) is 0. The van der Waals surface area contributed by atoms with E-state index >= 15 is 0 Å². The summed E-state index contributed by atoms with van der Waals surface area (Å²) in [6.07, 6.45) is 1.20. The molecule has 1 amide bonds. The molecule has 4 nitrogen and oxygen atoms in total. The van der Waals surface area contributed by atoms with Gasteiger partial charge in [0.25, 0.3) is 0 Å². The highest BCUT2D eigenvalue weighted by Gasteiger charge is 2.15. The molecule has 2 N–H and O–H groups in total. The summed E-state index contributed by atoms with van der Waals surface area (Å²) >= 11 is 0. The molecule has 0 aromatic heterocycles. The van der Waals surface area contributed by atoms with E-state index in [9.17, 15) is 14.7 Å². The van der Waals surface area contributed by atoms with E-state index in [-0.39, 0.29) is 11.5 Å². The van der Waals surface area contributed by atoms with Crippen molar-refractivity contribution in [3.05, 3.63) is 28.8 Å². The monoisotopic (exact) mass is 263 g/mol. The van der Waals surface area contributed by atoms with Crippen molar-refractivity contribution in [2.75, 3.05) is 5.32 Å². The Morgan fingerprint density at radius 2 is 1.89 bits per heavy atom. The van der Waals surface area contributed by atoms with E-state index in [0.29, 0.717) is 18.0 Å². The second kappa shape index (κ2) is 6.36. The van der Waals surface area contributed by atoms with Gasteiger partial charge in [0.1, 0.15) is 0 Å². The lowest BCUT2D eigenvalue weighted by molar-refractivity contribution is -0.116. The molecule has 0 radical (unpaired) electrons. The molecule has 0 aliphatic rings. The second-order valence-electron chi connectivity index (χ2n) is 5.29. The maximum absolute atomic E-state index is 11.8. The number of benzene rings is 1. The summed E-state index contributed by atoms with van der Waals surface area (Å²) in [5, 5.41) is 11.9. The first kappa shape index (κ1) is 15.2. The fourth-order valence-corrected chi connectivity index (χ4v) is 1.92. The zero-order valence-corrected chi connectivity index (χ0v) is 11.9. The van der Waals surface area contributed by atoms with E-state index in [1.165, 1.54) is 0 Å². The summed E-state index contributed by atoms with van der Waals surface area (Å²) < 4.78 is 0. The van der Waals surface area contributed by atoms with Crippen LogP contribution in [0.5, 0.6) is 0 Å². The molecular weight excluding hydrogens is 242 g/mol. The van der Waals surface area contributed by atoms with Gasteiger partial charge in [-0.05, 0) is 43.4 Å². The molecule has 1 aromatic rings. The van der Waals surface area contributed by atoms with Crippen LogP contribution < -0.4 is 5.32 Å². The fourth-order valence-electron chi connectivity index (χ4n) is 1.92. The van der Waals surface area contributed by atoms with Gasteiger partial charge in [-0.25, -0.2) is 4.79 Å². The second-order valence-corrected chi connectivity index (χ2v) is 5.29. The molecule has 0 aliphatic carbocycles. The van der Waals surface area contributed by atoms with Gasteiger partial charge in [0.15, 0.2) is 0 Å². The molecule has 0 saturated carbocycles. The maximum atomic E-state index is 11.8. The van der Waals surface area contributed by atoms with Gasteiger partial charge in [-0.2, -0.15) is 0 Å². The SMILES string of the molecule is Cc1cc(C)c(NC(=O)CCC(C)C)c(C(=O)O)c1. The molecule has 1 rings (SSSR count). The van der Waals surface area contributed by atoms with Gasteiger partial charge in [0, 0.05) is 6.42 Å². The number of anilines is 1. The topological polar surface area (TPSA) is 66.4 Å². The molecule has 1 aromatic carbocycles. The first-order chi connectivity index (χ1) is 8.81. The highest BCUT2D eigenvalue weighted by atomic mass is 16.4. The van der Waals surface area contributed by atoms with Crippen LogP contribution >= 0.6 is 0 Å². The van der Waals surface area contributed by atoms with Crippen molar-refractivity contribution < 1.29 is 14.7 Å². The smallest absolute Gasteiger partial charge is 0.337 e. The number of amides is 1. The van der Waals surface area contributed by atoms with E-state index in [4.69, 9.17) is 0 Å². The van der Waals surface area contributed by atoms with Crippen molar-refractivity contribution in [3.8, 4) is 0 Å². The standard InChI is InChI=1S/C15H21NO3/c1-9(2)5-6-13(17)16-14-11(4)7-10(3)8-12(14)15(18)19/h7-9H,5-6H2,1-4H3,(H,16,17)(H,18,19). The van der Waals surface area contributed by atoms with Crippen LogP contribution in [-0.4, -0.2) is 17.0 Å². The fraction of sp³-hybridized carbons (Fsp3) is 0.467. The predicted molar refractivity (Wildman–Crippen MR) is 75.6 cm³/mol. The van der Waals surface area contributed by atoms with Crippen LogP contribution in [0.1, 0.15) is 48.2 Å². The van der Waals surface area contributed by atoms with Crippen molar-refractivity contribution in [1.82, 2.24) is 0 Å². The van der Waals surface area contributed by atoms with Crippen LogP contribution in [0, 0.1) is 19.8 Å². The number of aromatic carboxylic acids is 1. The number of carbonyl (C=O) groups is 2. The summed E-state index contributed by atoms with van der Waals surface area (Å²) in [6.45, 7) is 7.74. The third-order valence-corrected chi connectivity index (χ3v) is 2.92. The zero-order valence-electron chi connectivity index (χ0n) is 11.9. The predicted octanol–water partition coefficient (Wildman–Crippen LogP) is 3.38.